The highest BCUT2D eigenvalue weighted by molar-refractivity contribution is 5.69. The number of hydrogen-bond donors (Lipinski definition) is 2. The van der Waals surface area contributed by atoms with Gasteiger partial charge >= 0.3 is 11.9 Å². The molecule has 0 amide bonds. The van der Waals surface area contributed by atoms with Gasteiger partial charge in [0.25, 0.3) is 0 Å². The number of aliphatic hydroxyl groups is 2. The third kappa shape index (κ3) is 17.9. The maximum Gasteiger partial charge on any atom is 0.305 e. The number of carbonyl (C=O) groups is 2. The lowest BCUT2D eigenvalue weighted by Crippen LogP contribution is -2.25. The minimum absolute atomic E-state index is 0.0000721. The van der Waals surface area contributed by atoms with Crippen LogP contribution in [0, 0.1) is 11.8 Å². The van der Waals surface area contributed by atoms with E-state index in [9.17, 15) is 19.8 Å². The largest absolute Gasteiger partial charge is 0.466 e. The molecule has 0 heterocycles. The summed E-state index contributed by atoms with van der Waals surface area (Å²) in [5.41, 5.74) is 0. The van der Waals surface area contributed by atoms with Crippen molar-refractivity contribution < 1.29 is 29.3 Å². The fourth-order valence-electron chi connectivity index (χ4n) is 5.85. The van der Waals surface area contributed by atoms with Gasteiger partial charge in [0.2, 0.25) is 0 Å². The molecule has 1 aliphatic rings. The zero-order valence-electron chi connectivity index (χ0n) is 25.7. The number of hydrogen-bond acceptors (Lipinski definition) is 6. The molecular formula is C34H60O6. The summed E-state index contributed by atoms with van der Waals surface area (Å²) in [6, 6.07) is 0. The van der Waals surface area contributed by atoms with Crippen LogP contribution in [0.3, 0.4) is 0 Å². The number of rotatable bonds is 25. The quantitative estimate of drug-likeness (QED) is 0.0663. The minimum Gasteiger partial charge on any atom is -0.466 e. The molecule has 1 aliphatic carbocycles. The summed E-state index contributed by atoms with van der Waals surface area (Å²) in [5.74, 6) is -0.374. The van der Waals surface area contributed by atoms with E-state index in [1.807, 2.05) is 6.08 Å². The lowest BCUT2D eigenvalue weighted by molar-refractivity contribution is -0.147. The Bertz CT molecular complexity index is 690. The normalized spacial score (nSPS) is 21.5. The Hall–Kier alpha value is -1.66. The second-order valence-corrected chi connectivity index (χ2v) is 11.7. The van der Waals surface area contributed by atoms with Gasteiger partial charge in [-0.3, -0.25) is 9.59 Å². The molecule has 5 atom stereocenters. The number of esters is 2. The van der Waals surface area contributed by atoms with E-state index in [-0.39, 0.29) is 29.9 Å². The van der Waals surface area contributed by atoms with Crippen molar-refractivity contribution in [2.75, 3.05) is 6.61 Å². The van der Waals surface area contributed by atoms with Crippen molar-refractivity contribution in [3.05, 3.63) is 24.8 Å². The number of allylic oxidation sites excluding steroid dienone is 3. The molecule has 0 aliphatic heterocycles. The maximum absolute atomic E-state index is 12.0. The Labute approximate surface area is 245 Å². The molecule has 232 valence electrons. The molecule has 1 saturated carbocycles. The summed E-state index contributed by atoms with van der Waals surface area (Å²) < 4.78 is 10.9. The highest BCUT2D eigenvalue weighted by Crippen LogP contribution is 2.39. The third-order valence-electron chi connectivity index (χ3n) is 8.20. The van der Waals surface area contributed by atoms with Crippen LogP contribution in [0.25, 0.3) is 0 Å². The third-order valence-corrected chi connectivity index (χ3v) is 8.20. The smallest absolute Gasteiger partial charge is 0.305 e. The van der Waals surface area contributed by atoms with Crippen LogP contribution >= 0.6 is 0 Å². The van der Waals surface area contributed by atoms with Gasteiger partial charge in [-0.25, -0.2) is 0 Å². The molecule has 0 unspecified atom stereocenters. The summed E-state index contributed by atoms with van der Waals surface area (Å²) in [6.45, 7) is 7.92. The number of unbranched alkanes of at least 4 members (excludes halogenated alkanes) is 11. The van der Waals surface area contributed by atoms with Crippen LogP contribution in [0.5, 0.6) is 0 Å². The van der Waals surface area contributed by atoms with E-state index >= 15 is 0 Å². The van der Waals surface area contributed by atoms with Crippen LogP contribution in [0.1, 0.15) is 142 Å². The molecule has 6 heteroatoms. The van der Waals surface area contributed by atoms with Gasteiger partial charge in [0, 0.05) is 13.3 Å². The van der Waals surface area contributed by atoms with E-state index in [0.29, 0.717) is 25.9 Å². The first-order valence-electron chi connectivity index (χ1n) is 16.3. The average molecular weight is 565 g/mol. The molecule has 6 nitrogen and oxygen atoms in total. The summed E-state index contributed by atoms with van der Waals surface area (Å²) in [7, 11) is 0. The highest BCUT2D eigenvalue weighted by Gasteiger charge is 2.40. The number of aliphatic hydroxyl groups excluding tert-OH is 2. The second kappa shape index (κ2) is 24.0. The molecular weight excluding hydrogens is 504 g/mol. The van der Waals surface area contributed by atoms with Crippen LogP contribution in [0.2, 0.25) is 0 Å². The monoisotopic (exact) mass is 564 g/mol. The Balaban J connectivity index is 2.27. The van der Waals surface area contributed by atoms with Crippen molar-refractivity contribution in [1.29, 1.82) is 0 Å². The lowest BCUT2D eigenvalue weighted by atomic mass is 9.85. The highest BCUT2D eigenvalue weighted by atomic mass is 16.5. The molecule has 0 bridgehead atoms. The number of carbonyl (C=O) groups excluding carboxylic acids is 2. The molecule has 0 aromatic carbocycles. The van der Waals surface area contributed by atoms with Gasteiger partial charge in [0.15, 0.2) is 0 Å². The van der Waals surface area contributed by atoms with Gasteiger partial charge in [0.1, 0.15) is 6.10 Å². The van der Waals surface area contributed by atoms with Crippen molar-refractivity contribution in [2.45, 2.75) is 161 Å². The maximum atomic E-state index is 12.0. The topological polar surface area (TPSA) is 93.1 Å². The minimum atomic E-state index is -0.525. The van der Waals surface area contributed by atoms with Crippen molar-refractivity contribution >= 4 is 11.9 Å². The number of ether oxygens (including phenoxy) is 2. The van der Waals surface area contributed by atoms with E-state index < -0.39 is 12.2 Å². The molecule has 40 heavy (non-hydrogen) atoms. The molecule has 2 N–H and O–H groups in total. The molecule has 0 saturated heterocycles. The van der Waals surface area contributed by atoms with Gasteiger partial charge < -0.3 is 19.7 Å². The van der Waals surface area contributed by atoms with Crippen molar-refractivity contribution in [3.8, 4) is 0 Å². The van der Waals surface area contributed by atoms with Gasteiger partial charge in [-0.1, -0.05) is 76.5 Å². The molecule has 0 aromatic heterocycles. The van der Waals surface area contributed by atoms with E-state index in [0.717, 1.165) is 64.2 Å². The van der Waals surface area contributed by atoms with Gasteiger partial charge in [0.05, 0.1) is 18.8 Å². The Morgan fingerprint density at radius 3 is 2.25 bits per heavy atom. The molecule has 1 rings (SSSR count). The van der Waals surface area contributed by atoms with Gasteiger partial charge in [-0.2, -0.15) is 0 Å². The van der Waals surface area contributed by atoms with Gasteiger partial charge in [-0.15, -0.1) is 6.58 Å². The van der Waals surface area contributed by atoms with E-state index in [2.05, 4.69) is 25.7 Å². The average Bonchev–Trinajstić information content (AvgIpc) is 3.19. The van der Waals surface area contributed by atoms with E-state index in [1.165, 1.54) is 51.9 Å². The van der Waals surface area contributed by atoms with Crippen molar-refractivity contribution in [3.63, 3.8) is 0 Å². The molecule has 0 aromatic rings. The summed E-state index contributed by atoms with van der Waals surface area (Å²) in [5, 5.41) is 21.2. The molecule has 0 spiro atoms. The first kappa shape index (κ1) is 36.4. The first-order valence-corrected chi connectivity index (χ1v) is 16.3. The van der Waals surface area contributed by atoms with Crippen LogP contribution in [-0.4, -0.2) is 47.1 Å². The zero-order valence-corrected chi connectivity index (χ0v) is 25.7. The summed E-state index contributed by atoms with van der Waals surface area (Å²) >= 11 is 0. The predicted octanol–water partition coefficient (Wildman–Crippen LogP) is 7.99. The van der Waals surface area contributed by atoms with E-state index in [1.54, 1.807) is 0 Å². The molecule has 0 radical (unpaired) electrons. The Kier molecular flexibility index (Phi) is 21.8. The van der Waals surface area contributed by atoms with Crippen LogP contribution in [-0.2, 0) is 19.1 Å². The van der Waals surface area contributed by atoms with Crippen LogP contribution in [0.4, 0.5) is 0 Å². The standard InChI is InChI=1S/C34H60O6/c1-4-6-8-10-11-12-16-20-26-39-34(38)23-19-15-14-18-22-30-31(33(37)27-32(30)36)25-24-29(40-28(3)35)21-17-13-9-7-5-2/h4,14,18,29-33,36-37H,1,5-13,15-17,19-27H2,2-3H3/b18-14-/t29-,30+,31+,32-,33+/m0/s1. The van der Waals surface area contributed by atoms with E-state index in [4.69, 9.17) is 9.47 Å². The fourth-order valence-corrected chi connectivity index (χ4v) is 5.85. The Morgan fingerprint density at radius 2 is 1.52 bits per heavy atom. The molecule has 1 fully saturated rings. The van der Waals surface area contributed by atoms with Crippen LogP contribution < -0.4 is 0 Å². The first-order chi connectivity index (χ1) is 19.4. The fraction of sp³-hybridized carbons (Fsp3) is 0.824. The summed E-state index contributed by atoms with van der Waals surface area (Å²) in [4.78, 5) is 23.6. The van der Waals surface area contributed by atoms with Crippen LogP contribution in [0.15, 0.2) is 24.8 Å². The second-order valence-electron chi connectivity index (χ2n) is 11.7. The predicted molar refractivity (Wildman–Crippen MR) is 163 cm³/mol. The summed E-state index contributed by atoms with van der Waals surface area (Å²) in [6.07, 6.45) is 24.2. The van der Waals surface area contributed by atoms with Crippen molar-refractivity contribution in [1.82, 2.24) is 0 Å². The SMILES string of the molecule is C=CCCCCCCCCOC(=O)CCC/C=C\C[C@@H]1[C@@H](CC[C@H](CCCCCCC)OC(C)=O)[C@H](O)C[C@@H]1O. The Morgan fingerprint density at radius 1 is 0.850 bits per heavy atom. The van der Waals surface area contributed by atoms with Crippen molar-refractivity contribution in [2.24, 2.45) is 11.8 Å². The lowest BCUT2D eigenvalue weighted by Gasteiger charge is -2.25. The van der Waals surface area contributed by atoms with Gasteiger partial charge in [-0.05, 0) is 82.5 Å². The zero-order chi connectivity index (χ0) is 29.4.